The average molecular weight is 306 g/mol. The summed E-state index contributed by atoms with van der Waals surface area (Å²) in [5.74, 6) is 1.85. The molecule has 3 heterocycles. The zero-order valence-corrected chi connectivity index (χ0v) is 13.0. The van der Waals surface area contributed by atoms with Crippen molar-refractivity contribution in [2.45, 2.75) is 20.1 Å². The summed E-state index contributed by atoms with van der Waals surface area (Å²) >= 11 is 0. The number of pyridine rings is 1. The van der Waals surface area contributed by atoms with Crippen molar-refractivity contribution in [1.82, 2.24) is 14.8 Å². The van der Waals surface area contributed by atoms with E-state index in [4.69, 9.17) is 4.74 Å². The Morgan fingerprint density at radius 3 is 3.04 bits per heavy atom. The van der Waals surface area contributed by atoms with Gasteiger partial charge in [0.15, 0.2) is 0 Å². The third kappa shape index (κ3) is 2.54. The summed E-state index contributed by atoms with van der Waals surface area (Å²) in [6.07, 6.45) is 3.70. The Balaban J connectivity index is 1.54. The number of nitrogens with one attached hydrogen (secondary N) is 1. The number of nitrogens with zero attached hydrogens (tertiary/aromatic N) is 3. The number of ether oxygens (including phenoxy) is 1. The predicted octanol–water partition coefficient (Wildman–Crippen LogP) is 3.26. The third-order valence-corrected chi connectivity index (χ3v) is 4.07. The van der Waals surface area contributed by atoms with Gasteiger partial charge in [0.05, 0.1) is 18.4 Å². The topological polar surface area (TPSA) is 52.0 Å². The number of benzene rings is 1. The molecule has 0 saturated carbocycles. The summed E-state index contributed by atoms with van der Waals surface area (Å²) in [5.41, 5.74) is 4.55. The smallest absolute Gasteiger partial charge is 0.129 e. The second kappa shape index (κ2) is 5.76. The van der Waals surface area contributed by atoms with E-state index >= 15 is 0 Å². The van der Waals surface area contributed by atoms with Gasteiger partial charge in [-0.1, -0.05) is 18.2 Å². The van der Waals surface area contributed by atoms with Crippen LogP contribution in [0.4, 0.5) is 5.82 Å². The van der Waals surface area contributed by atoms with E-state index in [-0.39, 0.29) is 0 Å². The van der Waals surface area contributed by atoms with Gasteiger partial charge in [0, 0.05) is 23.9 Å². The van der Waals surface area contributed by atoms with Gasteiger partial charge < -0.3 is 10.1 Å². The van der Waals surface area contributed by atoms with Gasteiger partial charge in [-0.15, -0.1) is 0 Å². The van der Waals surface area contributed by atoms with Crippen molar-refractivity contribution in [3.8, 4) is 17.0 Å². The molecule has 0 spiro atoms. The predicted molar refractivity (Wildman–Crippen MR) is 89.5 cm³/mol. The van der Waals surface area contributed by atoms with E-state index in [0.717, 1.165) is 47.0 Å². The van der Waals surface area contributed by atoms with Crippen LogP contribution >= 0.6 is 0 Å². The molecule has 1 aliphatic heterocycles. The molecule has 23 heavy (non-hydrogen) atoms. The monoisotopic (exact) mass is 306 g/mol. The Bertz CT molecular complexity index is 841. The minimum atomic E-state index is 0.582. The van der Waals surface area contributed by atoms with Gasteiger partial charge in [-0.25, -0.2) is 4.98 Å². The molecule has 5 heteroatoms. The molecule has 1 aromatic carbocycles. The number of rotatable bonds is 4. The summed E-state index contributed by atoms with van der Waals surface area (Å²) in [4.78, 5) is 4.36. The fraction of sp³-hybridized carbons (Fsp3) is 0.222. The summed E-state index contributed by atoms with van der Waals surface area (Å²) in [7, 11) is 0. The van der Waals surface area contributed by atoms with Crippen LogP contribution in [0.25, 0.3) is 11.3 Å². The van der Waals surface area contributed by atoms with Crippen LogP contribution in [0.2, 0.25) is 0 Å². The maximum Gasteiger partial charge on any atom is 0.129 e. The molecule has 3 aromatic rings. The molecule has 0 bridgehead atoms. The van der Waals surface area contributed by atoms with Gasteiger partial charge >= 0.3 is 0 Å². The summed E-state index contributed by atoms with van der Waals surface area (Å²) in [6.45, 7) is 4.19. The van der Waals surface area contributed by atoms with Crippen molar-refractivity contribution < 1.29 is 4.74 Å². The summed E-state index contributed by atoms with van der Waals surface area (Å²) in [6, 6.07) is 12.1. The van der Waals surface area contributed by atoms with Gasteiger partial charge in [-0.3, -0.25) is 4.68 Å². The first-order valence-electron chi connectivity index (χ1n) is 7.75. The Labute approximate surface area is 134 Å². The highest BCUT2D eigenvalue weighted by atomic mass is 16.5. The molecule has 2 aromatic heterocycles. The minimum Gasteiger partial charge on any atom is -0.488 e. The molecule has 0 amide bonds. The lowest BCUT2D eigenvalue weighted by Crippen LogP contribution is -2.15. The first-order chi connectivity index (χ1) is 11.3. The molecular formula is C18H18N4O. The molecule has 0 atom stereocenters. The lowest BCUT2D eigenvalue weighted by atomic mass is 10.0. The van der Waals surface area contributed by atoms with Crippen LogP contribution in [0.5, 0.6) is 5.75 Å². The van der Waals surface area contributed by atoms with E-state index in [1.165, 1.54) is 0 Å². The second-order valence-electron chi connectivity index (χ2n) is 5.62. The Hall–Kier alpha value is -2.82. The Morgan fingerprint density at radius 1 is 1.22 bits per heavy atom. The molecule has 0 unspecified atom stereocenters. The second-order valence-corrected chi connectivity index (χ2v) is 5.62. The van der Waals surface area contributed by atoms with Crippen molar-refractivity contribution in [1.29, 1.82) is 0 Å². The number of anilines is 1. The van der Waals surface area contributed by atoms with Crippen LogP contribution in [0.1, 0.15) is 11.1 Å². The van der Waals surface area contributed by atoms with Crippen LogP contribution in [0.15, 0.2) is 48.8 Å². The third-order valence-electron chi connectivity index (χ3n) is 4.07. The molecule has 5 nitrogen and oxygen atoms in total. The quantitative estimate of drug-likeness (QED) is 0.804. The maximum absolute atomic E-state index is 5.77. The number of hydrogen-bond acceptors (Lipinski definition) is 4. The lowest BCUT2D eigenvalue weighted by molar-refractivity contribution is 0.301. The first-order valence-corrected chi connectivity index (χ1v) is 7.75. The standard InChI is InChI=1S/C18H18N4O/c1-13-5-4-8-19-18(13)20-9-10-22-17-14(11-21-22)12-23-16-7-3-2-6-15(16)17/h2-8,11H,9-10,12H2,1H3,(H,19,20). The average Bonchev–Trinajstić information content (AvgIpc) is 3.00. The van der Waals surface area contributed by atoms with Gasteiger partial charge in [-0.05, 0) is 30.7 Å². The molecule has 0 saturated heterocycles. The summed E-state index contributed by atoms with van der Waals surface area (Å²) < 4.78 is 7.82. The van der Waals surface area contributed by atoms with E-state index in [0.29, 0.717) is 6.61 Å². The fourth-order valence-corrected chi connectivity index (χ4v) is 2.91. The number of fused-ring (bicyclic) bond motifs is 3. The number of hydrogen-bond donors (Lipinski definition) is 1. The zero-order valence-electron chi connectivity index (χ0n) is 13.0. The molecule has 0 aliphatic carbocycles. The molecule has 0 radical (unpaired) electrons. The zero-order chi connectivity index (χ0) is 15.6. The number of aryl methyl sites for hydroxylation is 1. The molecular weight excluding hydrogens is 288 g/mol. The highest BCUT2D eigenvalue weighted by molar-refractivity contribution is 5.71. The van der Waals surface area contributed by atoms with Gasteiger partial charge in [0.25, 0.3) is 0 Å². The van der Waals surface area contributed by atoms with Crippen molar-refractivity contribution >= 4 is 5.82 Å². The van der Waals surface area contributed by atoms with E-state index in [1.807, 2.05) is 35.1 Å². The maximum atomic E-state index is 5.77. The largest absolute Gasteiger partial charge is 0.488 e. The molecule has 1 N–H and O–H groups in total. The molecule has 1 aliphatic rings. The molecule has 0 fully saturated rings. The molecule has 4 rings (SSSR count). The van der Waals surface area contributed by atoms with Crippen molar-refractivity contribution in [3.05, 3.63) is 59.9 Å². The van der Waals surface area contributed by atoms with Crippen molar-refractivity contribution in [2.24, 2.45) is 0 Å². The van der Waals surface area contributed by atoms with Crippen LogP contribution in [-0.4, -0.2) is 21.3 Å². The van der Waals surface area contributed by atoms with Crippen molar-refractivity contribution in [2.75, 3.05) is 11.9 Å². The van der Waals surface area contributed by atoms with E-state index in [1.54, 1.807) is 6.20 Å². The van der Waals surface area contributed by atoms with Crippen LogP contribution in [0.3, 0.4) is 0 Å². The van der Waals surface area contributed by atoms with E-state index in [9.17, 15) is 0 Å². The van der Waals surface area contributed by atoms with Crippen LogP contribution in [-0.2, 0) is 13.2 Å². The molecule has 116 valence electrons. The first kappa shape index (κ1) is 13.8. The highest BCUT2D eigenvalue weighted by Gasteiger charge is 2.21. The fourth-order valence-electron chi connectivity index (χ4n) is 2.91. The van der Waals surface area contributed by atoms with E-state index in [2.05, 4.69) is 34.5 Å². The highest BCUT2D eigenvalue weighted by Crippen LogP contribution is 2.36. The van der Waals surface area contributed by atoms with E-state index < -0.39 is 0 Å². The number of aromatic nitrogens is 3. The Morgan fingerprint density at radius 2 is 2.13 bits per heavy atom. The summed E-state index contributed by atoms with van der Waals surface area (Å²) in [5, 5.41) is 7.91. The van der Waals surface area contributed by atoms with Crippen molar-refractivity contribution in [3.63, 3.8) is 0 Å². The van der Waals surface area contributed by atoms with Gasteiger partial charge in [0.2, 0.25) is 0 Å². The van der Waals surface area contributed by atoms with Crippen LogP contribution in [0, 0.1) is 6.92 Å². The Kier molecular flexibility index (Phi) is 3.46. The lowest BCUT2D eigenvalue weighted by Gasteiger charge is -2.19. The SMILES string of the molecule is Cc1cccnc1NCCn1ncc2c1-c1ccccc1OC2. The van der Waals surface area contributed by atoms with Gasteiger partial charge in [-0.2, -0.15) is 5.10 Å². The van der Waals surface area contributed by atoms with Crippen LogP contribution < -0.4 is 10.1 Å². The number of para-hydroxylation sites is 1. The normalized spacial score (nSPS) is 12.2. The minimum absolute atomic E-state index is 0.582. The van der Waals surface area contributed by atoms with Gasteiger partial charge in [0.1, 0.15) is 18.2 Å².